The highest BCUT2D eigenvalue weighted by Gasteiger charge is 2.39. The van der Waals surface area contributed by atoms with Crippen molar-refractivity contribution in [3.63, 3.8) is 0 Å². The van der Waals surface area contributed by atoms with Crippen molar-refractivity contribution >= 4 is 0 Å². The highest BCUT2D eigenvalue weighted by molar-refractivity contribution is 5.34. The summed E-state index contributed by atoms with van der Waals surface area (Å²) in [4.78, 5) is 0. The van der Waals surface area contributed by atoms with Gasteiger partial charge in [0.05, 0.1) is 6.61 Å². The SMILES string of the molecule is CNCc1cc(F)ccc1OCC1CC2CCC1C2. The smallest absolute Gasteiger partial charge is 0.123 e. The first-order valence-electron chi connectivity index (χ1n) is 7.32. The Morgan fingerprint density at radius 3 is 2.89 bits per heavy atom. The lowest BCUT2D eigenvalue weighted by atomic mass is 9.89. The van der Waals surface area contributed by atoms with Gasteiger partial charge in [0.2, 0.25) is 0 Å². The Morgan fingerprint density at radius 2 is 2.21 bits per heavy atom. The number of fused-ring (bicyclic) bond motifs is 2. The number of ether oxygens (including phenoxy) is 1. The summed E-state index contributed by atoms with van der Waals surface area (Å²) >= 11 is 0. The van der Waals surface area contributed by atoms with E-state index >= 15 is 0 Å². The van der Waals surface area contributed by atoms with Crippen molar-refractivity contribution in [1.82, 2.24) is 5.32 Å². The van der Waals surface area contributed by atoms with Crippen LogP contribution in [0.2, 0.25) is 0 Å². The quantitative estimate of drug-likeness (QED) is 0.879. The minimum atomic E-state index is -0.197. The molecule has 3 atom stereocenters. The Labute approximate surface area is 114 Å². The standard InChI is InChI=1S/C16H22FNO/c1-18-9-13-8-15(17)4-5-16(13)19-10-14-7-11-2-3-12(14)6-11/h4-5,8,11-12,14,18H,2-3,6-7,9-10H2,1H3. The predicted molar refractivity (Wildman–Crippen MR) is 73.6 cm³/mol. The monoisotopic (exact) mass is 263 g/mol. The van der Waals surface area contributed by atoms with Gasteiger partial charge in [-0.25, -0.2) is 4.39 Å². The number of hydrogen-bond donors (Lipinski definition) is 1. The third kappa shape index (κ3) is 2.76. The first-order chi connectivity index (χ1) is 9.26. The van der Waals surface area contributed by atoms with E-state index < -0.39 is 0 Å². The highest BCUT2D eigenvalue weighted by Crippen LogP contribution is 2.48. The van der Waals surface area contributed by atoms with Crippen LogP contribution in [0.1, 0.15) is 31.2 Å². The molecule has 1 aromatic carbocycles. The highest BCUT2D eigenvalue weighted by atomic mass is 19.1. The van der Waals surface area contributed by atoms with Crippen molar-refractivity contribution in [3.05, 3.63) is 29.6 Å². The zero-order chi connectivity index (χ0) is 13.2. The zero-order valence-corrected chi connectivity index (χ0v) is 11.5. The Bertz CT molecular complexity index is 448. The lowest BCUT2D eigenvalue weighted by Gasteiger charge is -2.22. The molecule has 0 aliphatic heterocycles. The van der Waals surface area contributed by atoms with Gasteiger partial charge in [-0.15, -0.1) is 0 Å². The minimum Gasteiger partial charge on any atom is -0.493 e. The molecule has 1 N–H and O–H groups in total. The topological polar surface area (TPSA) is 21.3 Å². The van der Waals surface area contributed by atoms with E-state index in [2.05, 4.69) is 5.32 Å². The lowest BCUT2D eigenvalue weighted by Crippen LogP contribution is -2.19. The molecule has 2 nitrogen and oxygen atoms in total. The van der Waals surface area contributed by atoms with Crippen molar-refractivity contribution in [2.24, 2.45) is 17.8 Å². The fourth-order valence-corrected chi connectivity index (χ4v) is 3.79. The minimum absolute atomic E-state index is 0.197. The Morgan fingerprint density at radius 1 is 1.32 bits per heavy atom. The fourth-order valence-electron chi connectivity index (χ4n) is 3.79. The van der Waals surface area contributed by atoms with Crippen LogP contribution < -0.4 is 10.1 Å². The van der Waals surface area contributed by atoms with Crippen LogP contribution in [-0.4, -0.2) is 13.7 Å². The predicted octanol–water partition coefficient (Wildman–Crippen LogP) is 3.36. The van der Waals surface area contributed by atoms with Gasteiger partial charge in [0.1, 0.15) is 11.6 Å². The molecule has 2 aliphatic carbocycles. The molecule has 0 saturated heterocycles. The molecule has 0 aromatic heterocycles. The second-order valence-electron chi connectivity index (χ2n) is 6.03. The number of rotatable bonds is 5. The Kier molecular flexibility index (Phi) is 3.74. The molecule has 2 aliphatic rings. The van der Waals surface area contributed by atoms with Gasteiger partial charge in [-0.2, -0.15) is 0 Å². The van der Waals surface area contributed by atoms with Crippen LogP contribution in [0.3, 0.4) is 0 Å². The van der Waals surface area contributed by atoms with Gasteiger partial charge in [-0.05, 0) is 62.3 Å². The van der Waals surface area contributed by atoms with Crippen LogP contribution in [0, 0.1) is 23.6 Å². The zero-order valence-electron chi connectivity index (χ0n) is 11.5. The van der Waals surface area contributed by atoms with Gasteiger partial charge in [-0.1, -0.05) is 6.42 Å². The largest absolute Gasteiger partial charge is 0.493 e. The van der Waals surface area contributed by atoms with Crippen LogP contribution in [0.25, 0.3) is 0 Å². The first kappa shape index (κ1) is 12.9. The van der Waals surface area contributed by atoms with E-state index in [1.807, 2.05) is 7.05 Å². The number of benzene rings is 1. The van der Waals surface area contributed by atoms with E-state index in [-0.39, 0.29) is 5.82 Å². The number of halogens is 1. The van der Waals surface area contributed by atoms with Crippen LogP contribution in [0.5, 0.6) is 5.75 Å². The first-order valence-corrected chi connectivity index (χ1v) is 7.32. The molecule has 3 heteroatoms. The Hall–Kier alpha value is -1.09. The van der Waals surface area contributed by atoms with Gasteiger partial charge in [0.25, 0.3) is 0 Å². The van der Waals surface area contributed by atoms with Gasteiger partial charge >= 0.3 is 0 Å². The summed E-state index contributed by atoms with van der Waals surface area (Å²) in [6.07, 6.45) is 5.53. The van der Waals surface area contributed by atoms with Crippen molar-refractivity contribution in [2.75, 3.05) is 13.7 Å². The van der Waals surface area contributed by atoms with Gasteiger partial charge in [0, 0.05) is 12.1 Å². The van der Waals surface area contributed by atoms with Crippen LogP contribution >= 0.6 is 0 Å². The molecular formula is C16H22FNO. The van der Waals surface area contributed by atoms with Gasteiger partial charge in [0.15, 0.2) is 0 Å². The third-order valence-electron chi connectivity index (χ3n) is 4.73. The summed E-state index contributed by atoms with van der Waals surface area (Å²) in [5.74, 6) is 3.17. The van der Waals surface area contributed by atoms with Crippen LogP contribution in [-0.2, 0) is 6.54 Å². The average molecular weight is 263 g/mol. The average Bonchev–Trinajstić information content (AvgIpc) is 3.00. The third-order valence-corrected chi connectivity index (χ3v) is 4.73. The molecule has 2 bridgehead atoms. The van der Waals surface area contributed by atoms with Crippen molar-refractivity contribution < 1.29 is 9.13 Å². The van der Waals surface area contributed by atoms with E-state index in [1.165, 1.54) is 31.7 Å². The molecule has 3 unspecified atom stereocenters. The Balaban J connectivity index is 1.63. The number of hydrogen-bond acceptors (Lipinski definition) is 2. The molecule has 1 aromatic rings. The summed E-state index contributed by atoms with van der Waals surface area (Å²) in [5, 5.41) is 3.06. The van der Waals surface area contributed by atoms with Crippen LogP contribution in [0.4, 0.5) is 4.39 Å². The normalized spacial score (nSPS) is 28.8. The van der Waals surface area contributed by atoms with E-state index in [0.717, 1.165) is 29.8 Å². The maximum Gasteiger partial charge on any atom is 0.123 e. The molecule has 2 saturated carbocycles. The molecular weight excluding hydrogens is 241 g/mol. The molecule has 0 amide bonds. The van der Waals surface area contributed by atoms with Crippen molar-refractivity contribution in [1.29, 1.82) is 0 Å². The van der Waals surface area contributed by atoms with Crippen molar-refractivity contribution in [3.8, 4) is 5.75 Å². The molecule has 0 spiro atoms. The molecule has 0 heterocycles. The summed E-state index contributed by atoms with van der Waals surface area (Å²) in [5.41, 5.74) is 0.908. The molecule has 3 rings (SSSR count). The maximum atomic E-state index is 13.3. The van der Waals surface area contributed by atoms with E-state index in [0.29, 0.717) is 12.5 Å². The maximum absolute atomic E-state index is 13.3. The second kappa shape index (κ2) is 5.49. The summed E-state index contributed by atoms with van der Waals surface area (Å²) in [6.45, 7) is 1.44. The summed E-state index contributed by atoms with van der Waals surface area (Å²) in [6, 6.07) is 4.80. The summed E-state index contributed by atoms with van der Waals surface area (Å²) in [7, 11) is 1.87. The van der Waals surface area contributed by atoms with Crippen molar-refractivity contribution in [2.45, 2.75) is 32.2 Å². The second-order valence-corrected chi connectivity index (χ2v) is 6.03. The van der Waals surface area contributed by atoms with E-state index in [4.69, 9.17) is 4.74 Å². The number of nitrogens with one attached hydrogen (secondary N) is 1. The van der Waals surface area contributed by atoms with Gasteiger partial charge < -0.3 is 10.1 Å². The molecule has 0 radical (unpaired) electrons. The molecule has 104 valence electrons. The van der Waals surface area contributed by atoms with Crippen LogP contribution in [0.15, 0.2) is 18.2 Å². The van der Waals surface area contributed by atoms with Gasteiger partial charge in [-0.3, -0.25) is 0 Å². The molecule has 2 fully saturated rings. The summed E-state index contributed by atoms with van der Waals surface area (Å²) < 4.78 is 19.2. The van der Waals surface area contributed by atoms with E-state index in [9.17, 15) is 4.39 Å². The lowest BCUT2D eigenvalue weighted by molar-refractivity contribution is 0.193. The fraction of sp³-hybridized carbons (Fsp3) is 0.625. The molecule has 19 heavy (non-hydrogen) atoms. The van der Waals surface area contributed by atoms with E-state index in [1.54, 1.807) is 12.1 Å².